The van der Waals surface area contributed by atoms with E-state index in [0.29, 0.717) is 22.4 Å². The normalized spacial score (nSPS) is 11.8. The second-order valence-electron chi connectivity index (χ2n) is 4.56. The number of nitrogens with zero attached hydrogens (tertiary/aromatic N) is 1. The predicted molar refractivity (Wildman–Crippen MR) is 80.2 cm³/mol. The highest BCUT2D eigenvalue weighted by Crippen LogP contribution is 2.29. The smallest absolute Gasteiger partial charge is 0.129 e. The van der Waals surface area contributed by atoms with Gasteiger partial charge in [-0.25, -0.2) is 4.39 Å². The van der Waals surface area contributed by atoms with Crippen LogP contribution in [-0.2, 0) is 6.61 Å². The Labute approximate surface area is 130 Å². The van der Waals surface area contributed by atoms with Crippen LogP contribution in [0.3, 0.4) is 0 Å². The standard InChI is InChI=1S/C16H13BrFNO2/c1-10(20)14-4-3-13(17)7-16(14)21-9-12-6-11(8-19)2-5-15(12)18/h2-7,10,20H,9H2,1H3/t10-/m1/s1. The first-order chi connectivity index (χ1) is 10.0. The van der Waals surface area contributed by atoms with Gasteiger partial charge in [-0.05, 0) is 37.3 Å². The highest BCUT2D eigenvalue weighted by atomic mass is 79.9. The average molecular weight is 350 g/mol. The van der Waals surface area contributed by atoms with Crippen molar-refractivity contribution in [3.8, 4) is 11.8 Å². The molecule has 0 aliphatic rings. The molecule has 5 heteroatoms. The fourth-order valence-corrected chi connectivity index (χ4v) is 2.23. The molecule has 0 fully saturated rings. The summed E-state index contributed by atoms with van der Waals surface area (Å²) in [4.78, 5) is 0. The number of aliphatic hydroxyl groups excluding tert-OH is 1. The Morgan fingerprint density at radius 3 is 2.76 bits per heavy atom. The fourth-order valence-electron chi connectivity index (χ4n) is 1.89. The molecule has 0 unspecified atom stereocenters. The van der Waals surface area contributed by atoms with E-state index in [-0.39, 0.29) is 6.61 Å². The van der Waals surface area contributed by atoms with E-state index in [1.54, 1.807) is 25.1 Å². The summed E-state index contributed by atoms with van der Waals surface area (Å²) in [7, 11) is 0. The maximum atomic E-state index is 13.7. The predicted octanol–water partition coefficient (Wildman–Crippen LogP) is 4.09. The summed E-state index contributed by atoms with van der Waals surface area (Å²) >= 11 is 3.33. The third-order valence-electron chi connectivity index (χ3n) is 2.98. The first kappa shape index (κ1) is 15.5. The molecule has 0 aliphatic carbocycles. The van der Waals surface area contributed by atoms with E-state index in [0.717, 1.165) is 4.47 Å². The molecule has 0 spiro atoms. The van der Waals surface area contributed by atoms with E-state index in [2.05, 4.69) is 15.9 Å². The van der Waals surface area contributed by atoms with Crippen LogP contribution in [0.1, 0.15) is 29.7 Å². The Kier molecular flexibility index (Phi) is 4.94. The summed E-state index contributed by atoms with van der Waals surface area (Å²) in [5.74, 6) is 0.0451. The summed E-state index contributed by atoms with van der Waals surface area (Å²) in [5, 5.41) is 18.6. The maximum Gasteiger partial charge on any atom is 0.129 e. The molecular weight excluding hydrogens is 337 g/mol. The lowest BCUT2D eigenvalue weighted by molar-refractivity contribution is 0.190. The number of halogens is 2. The summed E-state index contributed by atoms with van der Waals surface area (Å²) in [6.07, 6.45) is -0.691. The van der Waals surface area contributed by atoms with Crippen LogP contribution < -0.4 is 4.74 Å². The number of nitriles is 1. The Morgan fingerprint density at radius 1 is 1.33 bits per heavy atom. The van der Waals surface area contributed by atoms with Crippen LogP contribution >= 0.6 is 15.9 Å². The third-order valence-corrected chi connectivity index (χ3v) is 3.48. The van der Waals surface area contributed by atoms with Gasteiger partial charge in [-0.2, -0.15) is 5.26 Å². The van der Waals surface area contributed by atoms with Crippen molar-refractivity contribution in [3.63, 3.8) is 0 Å². The van der Waals surface area contributed by atoms with Crippen LogP contribution in [-0.4, -0.2) is 5.11 Å². The highest BCUT2D eigenvalue weighted by Gasteiger charge is 2.11. The molecule has 21 heavy (non-hydrogen) atoms. The van der Waals surface area contributed by atoms with Gasteiger partial charge in [0, 0.05) is 15.6 Å². The molecule has 2 aromatic carbocycles. The first-order valence-electron chi connectivity index (χ1n) is 6.30. The fraction of sp³-hybridized carbons (Fsp3) is 0.188. The SMILES string of the molecule is C[C@@H](O)c1ccc(Br)cc1OCc1cc(C#N)ccc1F. The lowest BCUT2D eigenvalue weighted by Crippen LogP contribution is -2.03. The molecular formula is C16H13BrFNO2. The van der Waals surface area contributed by atoms with Crippen molar-refractivity contribution in [3.05, 3.63) is 63.4 Å². The van der Waals surface area contributed by atoms with Crippen molar-refractivity contribution in [1.82, 2.24) is 0 Å². The minimum Gasteiger partial charge on any atom is -0.488 e. The Bertz CT molecular complexity index is 695. The lowest BCUT2D eigenvalue weighted by Gasteiger charge is -2.14. The van der Waals surface area contributed by atoms with Crippen LogP contribution in [0.25, 0.3) is 0 Å². The van der Waals surface area contributed by atoms with E-state index in [1.807, 2.05) is 6.07 Å². The molecule has 1 N–H and O–H groups in total. The second-order valence-corrected chi connectivity index (χ2v) is 5.48. The molecule has 2 aromatic rings. The average Bonchev–Trinajstić information content (AvgIpc) is 2.46. The molecule has 0 bridgehead atoms. The largest absolute Gasteiger partial charge is 0.488 e. The van der Waals surface area contributed by atoms with E-state index < -0.39 is 11.9 Å². The number of ether oxygens (including phenoxy) is 1. The van der Waals surface area contributed by atoms with Crippen LogP contribution in [0.15, 0.2) is 40.9 Å². The van der Waals surface area contributed by atoms with E-state index in [4.69, 9.17) is 10.00 Å². The first-order valence-corrected chi connectivity index (χ1v) is 7.09. The van der Waals surface area contributed by atoms with Crippen molar-refractivity contribution in [1.29, 1.82) is 5.26 Å². The molecule has 0 aromatic heterocycles. The molecule has 0 amide bonds. The van der Waals surface area contributed by atoms with Crippen LogP contribution in [0, 0.1) is 17.1 Å². The molecule has 0 saturated heterocycles. The van der Waals surface area contributed by atoms with Gasteiger partial charge in [0.05, 0.1) is 17.7 Å². The van der Waals surface area contributed by atoms with Gasteiger partial charge in [0.15, 0.2) is 0 Å². The number of benzene rings is 2. The zero-order chi connectivity index (χ0) is 15.4. The lowest BCUT2D eigenvalue weighted by atomic mass is 10.1. The minimum atomic E-state index is -0.691. The molecule has 2 rings (SSSR count). The summed E-state index contributed by atoms with van der Waals surface area (Å²) in [6, 6.07) is 11.3. The van der Waals surface area contributed by atoms with Crippen molar-refractivity contribution >= 4 is 15.9 Å². The quantitative estimate of drug-likeness (QED) is 0.904. The molecule has 0 radical (unpaired) electrons. The van der Waals surface area contributed by atoms with Gasteiger partial charge in [-0.3, -0.25) is 0 Å². The Balaban J connectivity index is 2.24. The summed E-state index contributed by atoms with van der Waals surface area (Å²) in [6.45, 7) is 1.62. The number of aliphatic hydroxyl groups is 1. The molecule has 0 aliphatic heterocycles. The van der Waals surface area contributed by atoms with Crippen molar-refractivity contribution < 1.29 is 14.2 Å². The van der Waals surface area contributed by atoms with E-state index >= 15 is 0 Å². The van der Waals surface area contributed by atoms with E-state index in [1.165, 1.54) is 18.2 Å². The number of rotatable bonds is 4. The maximum absolute atomic E-state index is 13.7. The molecule has 1 atom stereocenters. The number of hydrogen-bond acceptors (Lipinski definition) is 3. The summed E-state index contributed by atoms with van der Waals surface area (Å²) < 4.78 is 20.1. The molecule has 0 saturated carbocycles. The van der Waals surface area contributed by atoms with Crippen molar-refractivity contribution in [2.75, 3.05) is 0 Å². The summed E-state index contributed by atoms with van der Waals surface area (Å²) in [5.41, 5.74) is 1.29. The van der Waals surface area contributed by atoms with Crippen LogP contribution in [0.5, 0.6) is 5.75 Å². The Hall–Kier alpha value is -1.90. The van der Waals surface area contributed by atoms with Gasteiger partial charge in [-0.1, -0.05) is 22.0 Å². The highest BCUT2D eigenvalue weighted by molar-refractivity contribution is 9.10. The van der Waals surface area contributed by atoms with Crippen LogP contribution in [0.4, 0.5) is 4.39 Å². The number of hydrogen-bond donors (Lipinski definition) is 1. The Morgan fingerprint density at radius 2 is 2.10 bits per heavy atom. The van der Waals surface area contributed by atoms with Gasteiger partial charge < -0.3 is 9.84 Å². The van der Waals surface area contributed by atoms with Crippen molar-refractivity contribution in [2.45, 2.75) is 19.6 Å². The zero-order valence-corrected chi connectivity index (χ0v) is 12.9. The van der Waals surface area contributed by atoms with Gasteiger partial charge in [0.1, 0.15) is 18.2 Å². The molecule has 108 valence electrons. The second kappa shape index (κ2) is 6.70. The monoisotopic (exact) mass is 349 g/mol. The molecule has 0 heterocycles. The van der Waals surface area contributed by atoms with Crippen LogP contribution in [0.2, 0.25) is 0 Å². The van der Waals surface area contributed by atoms with Gasteiger partial charge in [0.25, 0.3) is 0 Å². The van der Waals surface area contributed by atoms with Gasteiger partial charge in [0.2, 0.25) is 0 Å². The minimum absolute atomic E-state index is 0.0163. The topological polar surface area (TPSA) is 53.2 Å². The van der Waals surface area contributed by atoms with Crippen molar-refractivity contribution in [2.24, 2.45) is 0 Å². The van der Waals surface area contributed by atoms with Gasteiger partial charge in [-0.15, -0.1) is 0 Å². The van der Waals surface area contributed by atoms with E-state index in [9.17, 15) is 9.50 Å². The van der Waals surface area contributed by atoms with Gasteiger partial charge >= 0.3 is 0 Å². The zero-order valence-electron chi connectivity index (χ0n) is 11.3. The third kappa shape index (κ3) is 3.81. The molecule has 3 nitrogen and oxygen atoms in total.